The number of hydrogen-bond donors (Lipinski definition) is 1. The number of rotatable bonds is 2. The second-order valence-electron chi connectivity index (χ2n) is 3.58. The Balaban J connectivity index is 2.43. The van der Waals surface area contributed by atoms with E-state index in [-0.39, 0.29) is 12.8 Å². The molecule has 1 saturated heterocycles. The van der Waals surface area contributed by atoms with Crippen molar-refractivity contribution in [2.24, 2.45) is 0 Å². The number of carbonyl (C=O) groups is 1. The third kappa shape index (κ3) is 3.32. The van der Waals surface area contributed by atoms with E-state index in [1.54, 1.807) is 19.8 Å². The highest BCUT2D eigenvalue weighted by Crippen LogP contribution is 2.16. The maximum atomic E-state index is 10.8. The average Bonchev–Trinajstić information content (AvgIpc) is 2.04. The first-order chi connectivity index (χ1) is 6.09. The van der Waals surface area contributed by atoms with Crippen LogP contribution in [-0.2, 0) is 4.79 Å². The molecule has 1 N–H and O–H groups in total. The first-order valence-electron chi connectivity index (χ1n) is 4.71. The molecule has 0 amide bonds. The van der Waals surface area contributed by atoms with Crippen LogP contribution >= 0.6 is 0 Å². The van der Waals surface area contributed by atoms with Crippen LogP contribution < -0.4 is 0 Å². The zero-order chi connectivity index (χ0) is 9.84. The lowest BCUT2D eigenvalue weighted by atomic mass is 9.82. The van der Waals surface area contributed by atoms with Crippen molar-refractivity contribution in [1.29, 1.82) is 0 Å². The van der Waals surface area contributed by atoms with Crippen LogP contribution in [0.15, 0.2) is 11.6 Å². The minimum atomic E-state index is -0.362. The summed E-state index contributed by atoms with van der Waals surface area (Å²) in [5.74, 6) is 0.125. The molecule has 0 spiro atoms. The van der Waals surface area contributed by atoms with E-state index in [2.05, 4.69) is 0 Å². The average molecular weight is 181 g/mol. The van der Waals surface area contributed by atoms with Crippen molar-refractivity contribution >= 4 is 12.8 Å². The summed E-state index contributed by atoms with van der Waals surface area (Å²) in [7, 11) is -0.362. The number of nitrogens with zero attached hydrogens (tertiary/aromatic N) is 1. The molecule has 0 atom stereocenters. The second kappa shape index (κ2) is 4.58. The Labute approximate surface area is 79.6 Å². The van der Waals surface area contributed by atoms with Crippen molar-refractivity contribution in [1.82, 2.24) is 4.81 Å². The number of hydrogen-bond acceptors (Lipinski definition) is 3. The topological polar surface area (TPSA) is 40.5 Å². The molecule has 1 aliphatic heterocycles. The number of piperidine rings is 1. The van der Waals surface area contributed by atoms with E-state index >= 15 is 0 Å². The van der Waals surface area contributed by atoms with E-state index in [0.29, 0.717) is 0 Å². The van der Waals surface area contributed by atoms with Gasteiger partial charge in [0, 0.05) is 0 Å². The smallest absolute Gasteiger partial charge is 0.376 e. The zero-order valence-corrected chi connectivity index (χ0v) is 8.29. The Bertz CT molecular complexity index is 216. The van der Waals surface area contributed by atoms with Crippen LogP contribution in [0.4, 0.5) is 0 Å². The molecule has 1 rings (SSSR count). The lowest BCUT2D eigenvalue weighted by Gasteiger charge is -2.28. The highest BCUT2D eigenvalue weighted by Gasteiger charge is 2.20. The lowest BCUT2D eigenvalue weighted by Crippen LogP contribution is -2.41. The highest BCUT2D eigenvalue weighted by molar-refractivity contribution is 6.45. The minimum absolute atomic E-state index is 0.125. The van der Waals surface area contributed by atoms with Crippen molar-refractivity contribution in [2.75, 3.05) is 13.1 Å². The molecule has 0 aromatic heterocycles. The van der Waals surface area contributed by atoms with Crippen molar-refractivity contribution in [2.45, 2.75) is 26.6 Å². The highest BCUT2D eigenvalue weighted by atomic mass is 16.2. The summed E-state index contributed by atoms with van der Waals surface area (Å²) in [4.78, 5) is 12.8. The van der Waals surface area contributed by atoms with Crippen LogP contribution in [0.2, 0.25) is 6.82 Å². The monoisotopic (exact) mass is 181 g/mol. The molecule has 1 fully saturated rings. The molecule has 0 radical (unpaired) electrons. The summed E-state index contributed by atoms with van der Waals surface area (Å²) < 4.78 is 0. The third-order valence-corrected chi connectivity index (χ3v) is 2.38. The third-order valence-electron chi connectivity index (χ3n) is 2.38. The van der Waals surface area contributed by atoms with Crippen LogP contribution in [0.1, 0.15) is 19.8 Å². The molecular formula is C9H16BNO2. The van der Waals surface area contributed by atoms with E-state index in [1.807, 2.05) is 4.81 Å². The summed E-state index contributed by atoms with van der Waals surface area (Å²) in [5, 5.41) is 9.28. The molecule has 0 aliphatic carbocycles. The second-order valence-corrected chi connectivity index (χ2v) is 3.58. The van der Waals surface area contributed by atoms with Gasteiger partial charge in [-0.2, -0.15) is 0 Å². The Kier molecular flexibility index (Phi) is 3.69. The molecule has 3 nitrogen and oxygen atoms in total. The molecule has 1 aliphatic rings. The summed E-state index contributed by atoms with van der Waals surface area (Å²) >= 11 is 0. The molecule has 0 saturated carbocycles. The SMILES string of the molecule is CB(O)N1CCC(=CC(C)=O)CC1. The molecule has 4 heteroatoms. The standard InChI is InChI=1S/C9H16BNO2/c1-8(12)7-9-3-5-11(6-4-9)10(2)13/h7,13H,3-6H2,1-2H3. The summed E-state index contributed by atoms with van der Waals surface area (Å²) in [6.07, 6.45) is 3.54. The fraction of sp³-hybridized carbons (Fsp3) is 0.667. The van der Waals surface area contributed by atoms with Gasteiger partial charge in [0.2, 0.25) is 0 Å². The first kappa shape index (κ1) is 10.5. The molecular weight excluding hydrogens is 165 g/mol. The number of allylic oxidation sites excluding steroid dienone is 1. The van der Waals surface area contributed by atoms with Gasteiger partial charge < -0.3 is 9.83 Å². The van der Waals surface area contributed by atoms with Gasteiger partial charge in [-0.25, -0.2) is 0 Å². The van der Waals surface area contributed by atoms with Crippen LogP contribution in [0.25, 0.3) is 0 Å². The van der Waals surface area contributed by atoms with Crippen molar-refractivity contribution < 1.29 is 9.82 Å². The van der Waals surface area contributed by atoms with Gasteiger partial charge in [-0.05, 0) is 45.8 Å². The number of ketones is 1. The van der Waals surface area contributed by atoms with Gasteiger partial charge in [0.1, 0.15) is 0 Å². The summed E-state index contributed by atoms with van der Waals surface area (Å²) in [6.45, 7) is 5.07. The maximum Gasteiger partial charge on any atom is 0.376 e. The van der Waals surface area contributed by atoms with Gasteiger partial charge in [0.05, 0.1) is 0 Å². The molecule has 0 unspecified atom stereocenters. The first-order valence-corrected chi connectivity index (χ1v) is 4.71. The fourth-order valence-electron chi connectivity index (χ4n) is 1.62. The van der Waals surface area contributed by atoms with Crippen LogP contribution in [0.5, 0.6) is 0 Å². The Hall–Kier alpha value is -0.605. The van der Waals surface area contributed by atoms with Gasteiger partial charge in [-0.1, -0.05) is 5.57 Å². The number of carbonyl (C=O) groups excluding carboxylic acids is 1. The molecule has 0 aromatic carbocycles. The quantitative estimate of drug-likeness (QED) is 0.503. The molecule has 0 bridgehead atoms. The van der Waals surface area contributed by atoms with E-state index < -0.39 is 0 Å². The van der Waals surface area contributed by atoms with Gasteiger partial charge >= 0.3 is 7.05 Å². The summed E-state index contributed by atoms with van der Waals surface area (Å²) in [6, 6.07) is 0. The lowest BCUT2D eigenvalue weighted by molar-refractivity contribution is -0.112. The predicted octanol–water partition coefficient (Wildman–Crippen LogP) is 0.708. The zero-order valence-electron chi connectivity index (χ0n) is 8.29. The van der Waals surface area contributed by atoms with Gasteiger partial charge in [0.25, 0.3) is 0 Å². The summed E-state index contributed by atoms with van der Waals surface area (Å²) in [5.41, 5.74) is 1.21. The van der Waals surface area contributed by atoms with E-state index in [4.69, 9.17) is 0 Å². The Morgan fingerprint density at radius 1 is 1.54 bits per heavy atom. The van der Waals surface area contributed by atoms with Crippen LogP contribution in [0, 0.1) is 0 Å². The van der Waals surface area contributed by atoms with Gasteiger partial charge in [-0.3, -0.25) is 4.79 Å². The molecule has 13 heavy (non-hydrogen) atoms. The van der Waals surface area contributed by atoms with E-state index in [9.17, 15) is 9.82 Å². The van der Waals surface area contributed by atoms with Crippen molar-refractivity contribution in [3.63, 3.8) is 0 Å². The molecule has 0 aromatic rings. The molecule has 1 heterocycles. The van der Waals surface area contributed by atoms with Crippen LogP contribution in [0.3, 0.4) is 0 Å². The largest absolute Gasteiger partial charge is 0.437 e. The van der Waals surface area contributed by atoms with Gasteiger partial charge in [-0.15, -0.1) is 0 Å². The van der Waals surface area contributed by atoms with E-state index in [1.165, 1.54) is 5.57 Å². The van der Waals surface area contributed by atoms with Crippen molar-refractivity contribution in [3.05, 3.63) is 11.6 Å². The minimum Gasteiger partial charge on any atom is -0.437 e. The normalized spacial score (nSPS) is 18.5. The predicted molar refractivity (Wildman–Crippen MR) is 53.4 cm³/mol. The fourth-order valence-corrected chi connectivity index (χ4v) is 1.62. The molecule has 72 valence electrons. The van der Waals surface area contributed by atoms with Gasteiger partial charge in [0.15, 0.2) is 5.78 Å². The maximum absolute atomic E-state index is 10.8. The van der Waals surface area contributed by atoms with E-state index in [0.717, 1.165) is 25.9 Å². The Morgan fingerprint density at radius 3 is 2.46 bits per heavy atom. The van der Waals surface area contributed by atoms with Crippen LogP contribution in [-0.4, -0.2) is 35.8 Å². The van der Waals surface area contributed by atoms with Crippen molar-refractivity contribution in [3.8, 4) is 0 Å². The Morgan fingerprint density at radius 2 is 2.08 bits per heavy atom.